The summed E-state index contributed by atoms with van der Waals surface area (Å²) in [5, 5.41) is 0. The number of fused-ring (bicyclic) bond motifs is 1. The van der Waals surface area contributed by atoms with Crippen LogP contribution in [0.15, 0.2) is 207 Å². The van der Waals surface area contributed by atoms with E-state index in [9.17, 15) is 0 Å². The molecule has 288 valence electrons. The van der Waals surface area contributed by atoms with Gasteiger partial charge in [0.2, 0.25) is 0 Å². The second-order valence-electron chi connectivity index (χ2n) is 15.8. The zero-order chi connectivity index (χ0) is 40.7. The summed E-state index contributed by atoms with van der Waals surface area (Å²) in [6.45, 7) is 14.8. The van der Waals surface area contributed by atoms with Gasteiger partial charge in [-0.05, 0) is 160 Å². The van der Waals surface area contributed by atoms with Crippen LogP contribution in [-0.2, 0) is 12.8 Å². The van der Waals surface area contributed by atoms with Crippen molar-refractivity contribution in [1.29, 1.82) is 0 Å². The van der Waals surface area contributed by atoms with Gasteiger partial charge in [0.25, 0.3) is 0 Å². The van der Waals surface area contributed by atoms with Crippen LogP contribution >= 0.6 is 0 Å². The molecule has 0 aliphatic heterocycles. The third kappa shape index (κ3) is 8.86. The van der Waals surface area contributed by atoms with E-state index in [-0.39, 0.29) is 0 Å². The van der Waals surface area contributed by atoms with E-state index in [2.05, 4.69) is 209 Å². The highest BCUT2D eigenvalue weighted by Gasteiger charge is 2.21. The maximum Gasteiger partial charge on any atom is 0.0709 e. The number of benzene rings is 6. The Labute approximate surface area is 351 Å². The molecule has 1 heterocycles. The Morgan fingerprint density at radius 2 is 1.24 bits per heavy atom. The molecule has 0 saturated heterocycles. The summed E-state index contributed by atoms with van der Waals surface area (Å²) in [5.41, 5.74) is 22.1. The van der Waals surface area contributed by atoms with Crippen LogP contribution in [0.25, 0.3) is 61.4 Å². The molecule has 0 saturated carbocycles. The average molecular weight is 762 g/mol. The normalized spacial score (nSPS) is 15.0. The van der Waals surface area contributed by atoms with Crippen molar-refractivity contribution in [1.82, 2.24) is 4.98 Å². The maximum absolute atomic E-state index is 4.83. The molecule has 1 nitrogen and oxygen atoms in total. The van der Waals surface area contributed by atoms with Crippen molar-refractivity contribution in [3.8, 4) is 44.6 Å². The van der Waals surface area contributed by atoms with Crippen molar-refractivity contribution < 1.29 is 0 Å². The molecule has 6 aromatic carbocycles. The fourth-order valence-electron chi connectivity index (χ4n) is 8.39. The Balaban J connectivity index is 0.000000223. The quantitative estimate of drug-likeness (QED) is 0.150. The van der Waals surface area contributed by atoms with E-state index in [1.54, 1.807) is 0 Å². The summed E-state index contributed by atoms with van der Waals surface area (Å²) in [5.74, 6) is 0.535. The molecule has 1 aromatic heterocycles. The minimum absolute atomic E-state index is 0.535. The lowest BCUT2D eigenvalue weighted by Gasteiger charge is -2.20. The minimum Gasteiger partial charge on any atom is -0.248 e. The number of hydrogen-bond donors (Lipinski definition) is 0. The second-order valence-corrected chi connectivity index (χ2v) is 15.8. The minimum atomic E-state index is 0.535. The van der Waals surface area contributed by atoms with Gasteiger partial charge in [0.05, 0.1) is 11.4 Å². The van der Waals surface area contributed by atoms with Gasteiger partial charge in [0.15, 0.2) is 0 Å². The Bertz CT molecular complexity index is 2740. The van der Waals surface area contributed by atoms with Gasteiger partial charge in [0.1, 0.15) is 0 Å². The van der Waals surface area contributed by atoms with E-state index in [4.69, 9.17) is 4.98 Å². The fraction of sp³-hybridized carbons (Fsp3) is 0.121. The van der Waals surface area contributed by atoms with Gasteiger partial charge in [-0.1, -0.05) is 171 Å². The van der Waals surface area contributed by atoms with E-state index in [0.717, 1.165) is 41.8 Å². The highest BCUT2D eigenvalue weighted by Crippen LogP contribution is 2.40. The lowest BCUT2D eigenvalue weighted by molar-refractivity contribution is 0.652. The van der Waals surface area contributed by atoms with Crippen LogP contribution in [0.1, 0.15) is 53.8 Å². The van der Waals surface area contributed by atoms with Crippen LogP contribution in [0, 0.1) is 12.8 Å². The number of allylic oxidation sites excluding steroid dienone is 8. The van der Waals surface area contributed by atoms with E-state index < -0.39 is 0 Å². The third-order valence-electron chi connectivity index (χ3n) is 11.7. The third-order valence-corrected chi connectivity index (χ3v) is 11.7. The van der Waals surface area contributed by atoms with Gasteiger partial charge in [0, 0.05) is 5.56 Å². The molecule has 0 bridgehead atoms. The Hall–Kier alpha value is -6.83. The zero-order valence-electron chi connectivity index (χ0n) is 34.5. The summed E-state index contributed by atoms with van der Waals surface area (Å²) in [7, 11) is 0. The molecular formula is C58H51N. The highest BCUT2D eigenvalue weighted by molar-refractivity contribution is 5.93. The van der Waals surface area contributed by atoms with E-state index in [1.165, 1.54) is 77.9 Å². The van der Waals surface area contributed by atoms with Gasteiger partial charge < -0.3 is 0 Å². The second kappa shape index (κ2) is 17.8. The van der Waals surface area contributed by atoms with Crippen molar-refractivity contribution >= 4 is 16.7 Å². The summed E-state index contributed by atoms with van der Waals surface area (Å²) in [6, 6.07) is 58.4. The molecular weight excluding hydrogens is 711 g/mol. The molecule has 2 aliphatic carbocycles. The topological polar surface area (TPSA) is 12.9 Å². The number of aromatic nitrogens is 1. The van der Waals surface area contributed by atoms with Crippen LogP contribution in [0.2, 0.25) is 0 Å². The van der Waals surface area contributed by atoms with E-state index in [1.807, 2.05) is 13.0 Å². The van der Waals surface area contributed by atoms with Gasteiger partial charge in [-0.2, -0.15) is 0 Å². The predicted molar refractivity (Wildman–Crippen MR) is 254 cm³/mol. The van der Waals surface area contributed by atoms with Crippen molar-refractivity contribution in [2.75, 3.05) is 0 Å². The molecule has 0 fully saturated rings. The van der Waals surface area contributed by atoms with Gasteiger partial charge in [-0.15, -0.1) is 0 Å². The lowest BCUT2D eigenvalue weighted by Crippen LogP contribution is -2.06. The molecule has 0 spiro atoms. The Morgan fingerprint density at radius 1 is 0.610 bits per heavy atom. The van der Waals surface area contributed by atoms with Gasteiger partial charge in [-0.3, -0.25) is 0 Å². The number of aryl methyl sites for hydroxylation is 1. The smallest absolute Gasteiger partial charge is 0.0709 e. The van der Waals surface area contributed by atoms with Gasteiger partial charge in [-0.25, -0.2) is 4.98 Å². The first kappa shape index (κ1) is 39.0. The average Bonchev–Trinajstić information content (AvgIpc) is 3.63. The molecule has 0 amide bonds. The van der Waals surface area contributed by atoms with Crippen LogP contribution in [0.4, 0.5) is 0 Å². The molecule has 7 aromatic rings. The Kier molecular flexibility index (Phi) is 11.7. The molecule has 2 aliphatic rings. The number of pyridine rings is 1. The molecule has 1 unspecified atom stereocenters. The predicted octanol–water partition coefficient (Wildman–Crippen LogP) is 15.5. The Morgan fingerprint density at radius 3 is 1.93 bits per heavy atom. The summed E-state index contributed by atoms with van der Waals surface area (Å²) >= 11 is 0. The van der Waals surface area contributed by atoms with Crippen molar-refractivity contribution in [2.24, 2.45) is 5.92 Å². The van der Waals surface area contributed by atoms with Crippen LogP contribution in [0.3, 0.4) is 0 Å². The molecule has 1 heteroatoms. The lowest BCUT2D eigenvalue weighted by atomic mass is 9.84. The molecule has 0 N–H and O–H groups in total. The first-order valence-corrected chi connectivity index (χ1v) is 20.7. The molecule has 9 rings (SSSR count). The summed E-state index contributed by atoms with van der Waals surface area (Å²) in [6.07, 6.45) is 12.1. The SMILES string of the molecule is C=C(C)c1cccc(-c2cccc(-c3cccc(-c4cc(C)c(CC5C=CC=CC5)c(-c5ccccc5)c4)c3)c2)n1.C=C1/C(=C(\C)c2ccccc2)Cc2ccccc21. The summed E-state index contributed by atoms with van der Waals surface area (Å²) < 4.78 is 0. The first-order chi connectivity index (χ1) is 28.8. The number of nitrogens with zero attached hydrogens (tertiary/aromatic N) is 1. The van der Waals surface area contributed by atoms with E-state index >= 15 is 0 Å². The zero-order valence-corrected chi connectivity index (χ0v) is 34.5. The van der Waals surface area contributed by atoms with Crippen molar-refractivity contribution in [2.45, 2.75) is 40.0 Å². The first-order valence-electron chi connectivity index (χ1n) is 20.7. The molecule has 0 radical (unpaired) electrons. The van der Waals surface area contributed by atoms with Crippen molar-refractivity contribution in [3.05, 3.63) is 240 Å². The standard InChI is InChI=1S/C40H35N.C18H16/c1-28(2)39-21-12-22-40(41-39)35-20-11-18-33(26-35)32-17-10-19-34(25-32)36-23-29(3)37(24-30-13-6-4-7-14-30)38(27-36)31-15-8-5-9-16-31;1-13(15-8-4-3-5-9-15)18-12-16-10-6-7-11-17(16)14(18)2/h4-13,15-23,25-27,30H,1,14,24H2,2-3H3;3-11H,2,12H2,1H3/b;18-13+. The summed E-state index contributed by atoms with van der Waals surface area (Å²) in [4.78, 5) is 4.83. The van der Waals surface area contributed by atoms with Gasteiger partial charge >= 0.3 is 0 Å². The molecule has 1 atom stereocenters. The highest BCUT2D eigenvalue weighted by atomic mass is 14.7. The monoisotopic (exact) mass is 761 g/mol. The fourth-order valence-corrected chi connectivity index (χ4v) is 8.39. The number of rotatable bonds is 8. The maximum atomic E-state index is 4.83. The van der Waals surface area contributed by atoms with Crippen molar-refractivity contribution in [3.63, 3.8) is 0 Å². The largest absolute Gasteiger partial charge is 0.248 e. The van der Waals surface area contributed by atoms with Crippen LogP contribution in [-0.4, -0.2) is 4.98 Å². The van der Waals surface area contributed by atoms with Crippen LogP contribution < -0.4 is 0 Å². The number of hydrogen-bond acceptors (Lipinski definition) is 1. The van der Waals surface area contributed by atoms with Crippen LogP contribution in [0.5, 0.6) is 0 Å². The molecule has 59 heavy (non-hydrogen) atoms. The van der Waals surface area contributed by atoms with E-state index in [0.29, 0.717) is 5.92 Å².